The van der Waals surface area contributed by atoms with Crippen molar-refractivity contribution in [3.63, 3.8) is 0 Å². The van der Waals surface area contributed by atoms with Gasteiger partial charge in [-0.3, -0.25) is 9.69 Å². The fraction of sp³-hybridized carbons (Fsp3) is 0.917. The summed E-state index contributed by atoms with van der Waals surface area (Å²) in [4.78, 5) is 13.7. The van der Waals surface area contributed by atoms with Gasteiger partial charge in [-0.15, -0.1) is 0 Å². The number of nitrogens with zero attached hydrogens (tertiary/aromatic N) is 1. The molecule has 0 unspecified atom stereocenters. The van der Waals surface area contributed by atoms with Gasteiger partial charge in [0.05, 0.1) is 19.8 Å². The highest BCUT2D eigenvalue weighted by molar-refractivity contribution is 5.77. The highest BCUT2D eigenvalue weighted by Crippen LogP contribution is 1.96. The molecule has 1 aliphatic rings. The second kappa shape index (κ2) is 9.39. The first-order chi connectivity index (χ1) is 8.33. The van der Waals surface area contributed by atoms with Gasteiger partial charge in [-0.05, 0) is 25.9 Å². The van der Waals surface area contributed by atoms with Gasteiger partial charge in [0.1, 0.15) is 0 Å². The number of carbonyl (C=O) groups excluding carboxylic acids is 1. The Morgan fingerprint density at radius 3 is 2.76 bits per heavy atom. The van der Waals surface area contributed by atoms with Crippen LogP contribution in [0.25, 0.3) is 0 Å². The fourth-order valence-electron chi connectivity index (χ4n) is 1.78. The Morgan fingerprint density at radius 1 is 1.29 bits per heavy atom. The van der Waals surface area contributed by atoms with Gasteiger partial charge in [0.15, 0.2) is 0 Å². The van der Waals surface area contributed by atoms with Crippen molar-refractivity contribution >= 4 is 5.91 Å². The molecule has 1 saturated heterocycles. The molecule has 5 heteroatoms. The van der Waals surface area contributed by atoms with Crippen LogP contribution in [0.4, 0.5) is 0 Å². The molecular weight excluding hydrogens is 218 g/mol. The Kier molecular flexibility index (Phi) is 7.96. The molecule has 0 aromatic rings. The maximum atomic E-state index is 11.3. The van der Waals surface area contributed by atoms with E-state index in [9.17, 15) is 4.79 Å². The maximum absolute atomic E-state index is 11.3. The largest absolute Gasteiger partial charge is 0.379 e. The predicted octanol–water partition coefficient (Wildman–Crippen LogP) is -0.175. The van der Waals surface area contributed by atoms with E-state index in [1.165, 1.54) is 0 Å². The summed E-state index contributed by atoms with van der Waals surface area (Å²) in [6, 6.07) is 0. The Hall–Kier alpha value is -0.650. The van der Waals surface area contributed by atoms with Gasteiger partial charge in [0.25, 0.3) is 0 Å². The number of morpholine rings is 1. The van der Waals surface area contributed by atoms with E-state index in [4.69, 9.17) is 4.74 Å². The van der Waals surface area contributed by atoms with Crippen molar-refractivity contribution in [2.45, 2.75) is 19.8 Å². The lowest BCUT2D eigenvalue weighted by Crippen LogP contribution is -2.39. The maximum Gasteiger partial charge on any atom is 0.233 e. The Bertz CT molecular complexity index is 206. The fourth-order valence-corrected chi connectivity index (χ4v) is 1.78. The van der Waals surface area contributed by atoms with E-state index in [1.807, 2.05) is 0 Å². The van der Waals surface area contributed by atoms with Gasteiger partial charge < -0.3 is 15.4 Å². The van der Waals surface area contributed by atoms with Gasteiger partial charge in [0.2, 0.25) is 5.91 Å². The number of hydrogen-bond acceptors (Lipinski definition) is 4. The van der Waals surface area contributed by atoms with Crippen molar-refractivity contribution in [3.05, 3.63) is 0 Å². The molecule has 1 fully saturated rings. The number of carbonyl (C=O) groups is 1. The molecule has 0 radical (unpaired) electrons. The summed E-state index contributed by atoms with van der Waals surface area (Å²) >= 11 is 0. The van der Waals surface area contributed by atoms with E-state index < -0.39 is 0 Å². The van der Waals surface area contributed by atoms with Crippen LogP contribution >= 0.6 is 0 Å². The molecule has 0 aromatic carbocycles. The molecule has 17 heavy (non-hydrogen) atoms. The van der Waals surface area contributed by atoms with Crippen molar-refractivity contribution in [1.29, 1.82) is 0 Å². The van der Waals surface area contributed by atoms with Gasteiger partial charge in [-0.1, -0.05) is 6.92 Å². The monoisotopic (exact) mass is 243 g/mol. The van der Waals surface area contributed by atoms with E-state index in [-0.39, 0.29) is 5.91 Å². The molecule has 0 aliphatic carbocycles. The zero-order valence-electron chi connectivity index (χ0n) is 10.8. The third kappa shape index (κ3) is 7.31. The molecule has 0 bridgehead atoms. The summed E-state index contributed by atoms with van der Waals surface area (Å²) in [6.07, 6.45) is 2.07. The van der Waals surface area contributed by atoms with Gasteiger partial charge >= 0.3 is 0 Å². The lowest BCUT2D eigenvalue weighted by molar-refractivity contribution is -0.120. The number of ether oxygens (including phenoxy) is 1. The molecule has 0 spiro atoms. The van der Waals surface area contributed by atoms with Crippen molar-refractivity contribution in [3.8, 4) is 0 Å². The quantitative estimate of drug-likeness (QED) is 0.581. The molecule has 1 heterocycles. The molecule has 2 N–H and O–H groups in total. The summed E-state index contributed by atoms with van der Waals surface area (Å²) in [5.74, 6) is 0.0956. The smallest absolute Gasteiger partial charge is 0.233 e. The molecular formula is C12H25N3O2. The standard InChI is InChI=1S/C12H25N3O2/c1-2-4-14-12(16)11-13-5-3-6-15-7-9-17-10-8-15/h13H,2-11H2,1H3,(H,14,16). The molecule has 0 aromatic heterocycles. The van der Waals surface area contributed by atoms with Crippen LogP contribution in [0, 0.1) is 0 Å². The number of nitrogens with one attached hydrogen (secondary N) is 2. The third-order valence-electron chi connectivity index (χ3n) is 2.79. The lowest BCUT2D eigenvalue weighted by atomic mass is 10.3. The topological polar surface area (TPSA) is 53.6 Å². The SMILES string of the molecule is CCCNC(=O)CNCCCN1CCOCC1. The first-order valence-electron chi connectivity index (χ1n) is 6.60. The molecule has 0 atom stereocenters. The van der Waals surface area contributed by atoms with Crippen LogP contribution < -0.4 is 10.6 Å². The molecule has 5 nitrogen and oxygen atoms in total. The van der Waals surface area contributed by atoms with Crippen molar-refractivity contribution < 1.29 is 9.53 Å². The molecule has 1 amide bonds. The number of amides is 1. The summed E-state index contributed by atoms with van der Waals surface area (Å²) in [6.45, 7) is 9.03. The van der Waals surface area contributed by atoms with E-state index in [0.29, 0.717) is 6.54 Å². The van der Waals surface area contributed by atoms with E-state index in [1.54, 1.807) is 0 Å². The first kappa shape index (κ1) is 14.4. The highest BCUT2D eigenvalue weighted by atomic mass is 16.5. The van der Waals surface area contributed by atoms with Crippen LogP contribution in [-0.4, -0.2) is 63.3 Å². The first-order valence-corrected chi connectivity index (χ1v) is 6.60. The van der Waals surface area contributed by atoms with Crippen LogP contribution in [0.15, 0.2) is 0 Å². The zero-order chi connectivity index (χ0) is 12.3. The normalized spacial score (nSPS) is 17.0. The predicted molar refractivity (Wildman–Crippen MR) is 68.0 cm³/mol. The van der Waals surface area contributed by atoms with Crippen molar-refractivity contribution in [2.75, 3.05) is 52.5 Å². The van der Waals surface area contributed by atoms with Gasteiger partial charge in [-0.2, -0.15) is 0 Å². The second-order valence-electron chi connectivity index (χ2n) is 4.33. The molecule has 1 aliphatic heterocycles. The Morgan fingerprint density at radius 2 is 2.06 bits per heavy atom. The van der Waals surface area contributed by atoms with E-state index in [2.05, 4.69) is 22.5 Å². The minimum absolute atomic E-state index is 0.0956. The number of hydrogen-bond donors (Lipinski definition) is 2. The zero-order valence-corrected chi connectivity index (χ0v) is 10.8. The van der Waals surface area contributed by atoms with Crippen molar-refractivity contribution in [1.82, 2.24) is 15.5 Å². The summed E-state index contributed by atoms with van der Waals surface area (Å²) < 4.78 is 5.29. The van der Waals surface area contributed by atoms with Crippen LogP contribution in [0.1, 0.15) is 19.8 Å². The molecule has 1 rings (SSSR count). The van der Waals surface area contributed by atoms with Crippen LogP contribution in [0.5, 0.6) is 0 Å². The van der Waals surface area contributed by atoms with E-state index in [0.717, 1.165) is 58.8 Å². The third-order valence-corrected chi connectivity index (χ3v) is 2.79. The second-order valence-corrected chi connectivity index (χ2v) is 4.33. The van der Waals surface area contributed by atoms with Crippen LogP contribution in [0.3, 0.4) is 0 Å². The minimum atomic E-state index is 0.0956. The summed E-state index contributed by atoms with van der Waals surface area (Å²) in [5, 5.41) is 6.01. The summed E-state index contributed by atoms with van der Waals surface area (Å²) in [5.41, 5.74) is 0. The van der Waals surface area contributed by atoms with Gasteiger partial charge in [-0.25, -0.2) is 0 Å². The van der Waals surface area contributed by atoms with Gasteiger partial charge in [0, 0.05) is 19.6 Å². The lowest BCUT2D eigenvalue weighted by Gasteiger charge is -2.26. The number of rotatable bonds is 8. The van der Waals surface area contributed by atoms with Crippen molar-refractivity contribution in [2.24, 2.45) is 0 Å². The Labute approximate surface area is 104 Å². The Balaban J connectivity index is 1.88. The van der Waals surface area contributed by atoms with E-state index >= 15 is 0 Å². The highest BCUT2D eigenvalue weighted by Gasteiger charge is 2.08. The summed E-state index contributed by atoms with van der Waals surface area (Å²) in [7, 11) is 0. The average molecular weight is 243 g/mol. The minimum Gasteiger partial charge on any atom is -0.379 e. The van der Waals surface area contributed by atoms with Crippen LogP contribution in [-0.2, 0) is 9.53 Å². The average Bonchev–Trinajstić information content (AvgIpc) is 2.37. The molecule has 100 valence electrons. The van der Waals surface area contributed by atoms with Crippen LogP contribution in [0.2, 0.25) is 0 Å². The molecule has 0 saturated carbocycles.